The van der Waals surface area contributed by atoms with Crippen LogP contribution < -0.4 is 5.73 Å². The predicted molar refractivity (Wildman–Crippen MR) is 63.0 cm³/mol. The largest absolute Gasteiger partial charge is 0.389 e. The summed E-state index contributed by atoms with van der Waals surface area (Å²) in [4.78, 5) is 17.2. The minimum atomic E-state index is -0.910. The first-order valence-electron chi connectivity index (χ1n) is 5.47. The number of aromatic nitrogens is 3. The predicted octanol–water partition coefficient (Wildman–Crippen LogP) is -0.520. The maximum Gasteiger partial charge on any atom is 0.244 e. The highest BCUT2D eigenvalue weighted by Crippen LogP contribution is 2.05. The number of likely N-dealkylation sites (N-methyl/N-ethyl adjacent to an activating group) is 1. The van der Waals surface area contributed by atoms with Crippen molar-refractivity contribution in [3.8, 4) is 0 Å². The van der Waals surface area contributed by atoms with Crippen molar-refractivity contribution in [1.82, 2.24) is 19.7 Å². The third-order valence-electron chi connectivity index (χ3n) is 2.16. The molecule has 96 valence electrons. The number of amides is 1. The van der Waals surface area contributed by atoms with Gasteiger partial charge in [-0.25, -0.2) is 9.67 Å². The van der Waals surface area contributed by atoms with Gasteiger partial charge in [0, 0.05) is 13.1 Å². The van der Waals surface area contributed by atoms with E-state index in [0.29, 0.717) is 6.54 Å². The first kappa shape index (κ1) is 13.4. The van der Waals surface area contributed by atoms with E-state index in [9.17, 15) is 9.90 Å². The highest BCUT2D eigenvalue weighted by molar-refractivity contribution is 5.75. The molecule has 0 aliphatic carbocycles. The van der Waals surface area contributed by atoms with Crippen LogP contribution in [-0.2, 0) is 11.3 Å². The molecule has 0 atom stereocenters. The number of nitrogen functional groups attached to an aromatic ring is 1. The lowest BCUT2D eigenvalue weighted by Crippen LogP contribution is -2.43. The molecule has 0 fully saturated rings. The van der Waals surface area contributed by atoms with Crippen molar-refractivity contribution in [2.24, 2.45) is 0 Å². The zero-order chi connectivity index (χ0) is 13.1. The summed E-state index contributed by atoms with van der Waals surface area (Å²) in [6.45, 7) is 6.08. The maximum absolute atomic E-state index is 11.9. The van der Waals surface area contributed by atoms with Gasteiger partial charge in [-0.15, -0.1) is 5.10 Å². The fourth-order valence-corrected chi connectivity index (χ4v) is 1.47. The number of nitrogens with two attached hydrogens (primary N) is 1. The van der Waals surface area contributed by atoms with Crippen LogP contribution in [0.5, 0.6) is 0 Å². The van der Waals surface area contributed by atoms with Crippen LogP contribution in [0, 0.1) is 0 Å². The first-order valence-corrected chi connectivity index (χ1v) is 5.47. The molecule has 1 amide bonds. The van der Waals surface area contributed by atoms with Crippen molar-refractivity contribution in [2.75, 3.05) is 18.8 Å². The van der Waals surface area contributed by atoms with Gasteiger partial charge < -0.3 is 15.7 Å². The quantitative estimate of drug-likeness (QED) is 0.723. The lowest BCUT2D eigenvalue weighted by molar-refractivity contribution is -0.134. The zero-order valence-electron chi connectivity index (χ0n) is 10.4. The van der Waals surface area contributed by atoms with Crippen molar-refractivity contribution in [3.05, 3.63) is 6.33 Å². The van der Waals surface area contributed by atoms with Crippen molar-refractivity contribution in [3.63, 3.8) is 0 Å². The van der Waals surface area contributed by atoms with Gasteiger partial charge in [-0.2, -0.15) is 0 Å². The van der Waals surface area contributed by atoms with E-state index in [2.05, 4.69) is 10.1 Å². The van der Waals surface area contributed by atoms with Crippen LogP contribution in [0.3, 0.4) is 0 Å². The number of nitrogens with zero attached hydrogens (tertiary/aromatic N) is 4. The Hall–Kier alpha value is -1.63. The second-order valence-corrected chi connectivity index (χ2v) is 4.52. The topological polar surface area (TPSA) is 97.3 Å². The summed E-state index contributed by atoms with van der Waals surface area (Å²) in [5.41, 5.74) is 4.45. The minimum Gasteiger partial charge on any atom is -0.389 e. The molecule has 0 unspecified atom stereocenters. The van der Waals surface area contributed by atoms with E-state index in [-0.39, 0.29) is 24.9 Å². The summed E-state index contributed by atoms with van der Waals surface area (Å²) in [5, 5.41) is 13.5. The first-order chi connectivity index (χ1) is 7.81. The Morgan fingerprint density at radius 3 is 2.71 bits per heavy atom. The molecule has 0 saturated carbocycles. The normalized spacial score (nSPS) is 11.5. The molecule has 1 heterocycles. The highest BCUT2D eigenvalue weighted by atomic mass is 16.3. The monoisotopic (exact) mass is 241 g/mol. The van der Waals surface area contributed by atoms with Crippen LogP contribution in [0.25, 0.3) is 0 Å². The molecule has 7 heteroatoms. The van der Waals surface area contributed by atoms with Crippen molar-refractivity contribution >= 4 is 11.9 Å². The van der Waals surface area contributed by atoms with Gasteiger partial charge in [0.05, 0.1) is 5.60 Å². The van der Waals surface area contributed by atoms with Crippen LogP contribution in [0.1, 0.15) is 20.8 Å². The van der Waals surface area contributed by atoms with Crippen LogP contribution in [0.2, 0.25) is 0 Å². The van der Waals surface area contributed by atoms with Crippen LogP contribution in [0.15, 0.2) is 6.33 Å². The molecule has 0 radical (unpaired) electrons. The molecule has 0 spiro atoms. The molecule has 17 heavy (non-hydrogen) atoms. The molecule has 1 aromatic heterocycles. The molecule has 0 bridgehead atoms. The molecule has 1 rings (SSSR count). The molecule has 0 aliphatic rings. The van der Waals surface area contributed by atoms with E-state index >= 15 is 0 Å². The number of hydrogen-bond donors (Lipinski definition) is 2. The molecule has 7 nitrogen and oxygen atoms in total. The summed E-state index contributed by atoms with van der Waals surface area (Å²) in [7, 11) is 0. The Balaban J connectivity index is 2.61. The fourth-order valence-electron chi connectivity index (χ4n) is 1.47. The van der Waals surface area contributed by atoms with Gasteiger partial charge in [0.25, 0.3) is 0 Å². The summed E-state index contributed by atoms with van der Waals surface area (Å²) >= 11 is 0. The lowest BCUT2D eigenvalue weighted by atomic mass is 10.1. The van der Waals surface area contributed by atoms with Gasteiger partial charge >= 0.3 is 0 Å². The average molecular weight is 241 g/mol. The van der Waals surface area contributed by atoms with Crippen molar-refractivity contribution in [1.29, 1.82) is 0 Å². The van der Waals surface area contributed by atoms with E-state index < -0.39 is 5.60 Å². The zero-order valence-corrected chi connectivity index (χ0v) is 10.4. The highest BCUT2D eigenvalue weighted by Gasteiger charge is 2.21. The van der Waals surface area contributed by atoms with E-state index in [1.165, 1.54) is 11.0 Å². The lowest BCUT2D eigenvalue weighted by Gasteiger charge is -2.28. The Kier molecular flexibility index (Phi) is 4.06. The molecule has 0 aliphatic heterocycles. The van der Waals surface area contributed by atoms with Gasteiger partial charge in [0.15, 0.2) is 0 Å². The number of carbonyl (C=O) groups excluding carboxylic acids is 1. The minimum absolute atomic E-state index is 0.0775. The summed E-state index contributed by atoms with van der Waals surface area (Å²) < 4.78 is 1.38. The molecule has 0 aromatic carbocycles. The van der Waals surface area contributed by atoms with Gasteiger partial charge in [-0.05, 0) is 20.8 Å². The third kappa shape index (κ3) is 4.39. The Bertz CT molecular complexity index is 382. The van der Waals surface area contributed by atoms with Crippen LogP contribution >= 0.6 is 0 Å². The Morgan fingerprint density at radius 2 is 2.29 bits per heavy atom. The molecule has 0 saturated heterocycles. The number of aliphatic hydroxyl groups is 1. The Labute approximate surface area is 100 Å². The second kappa shape index (κ2) is 5.13. The van der Waals surface area contributed by atoms with E-state index in [4.69, 9.17) is 5.73 Å². The SMILES string of the molecule is CCN(CC(C)(C)O)C(=O)Cn1cnc(N)n1. The standard InChI is InChI=1S/C10H19N5O2/c1-4-14(6-10(2,3)17)8(16)5-15-7-12-9(11)13-15/h7,17H,4-6H2,1-3H3,(H2,11,13). The smallest absolute Gasteiger partial charge is 0.244 e. The Morgan fingerprint density at radius 1 is 1.65 bits per heavy atom. The number of anilines is 1. The average Bonchev–Trinajstić information content (AvgIpc) is 2.59. The van der Waals surface area contributed by atoms with Gasteiger partial charge in [0.2, 0.25) is 11.9 Å². The van der Waals surface area contributed by atoms with E-state index in [0.717, 1.165) is 0 Å². The summed E-state index contributed by atoms with van der Waals surface area (Å²) in [6, 6.07) is 0. The maximum atomic E-state index is 11.9. The molecular weight excluding hydrogens is 222 g/mol. The van der Waals surface area contributed by atoms with E-state index in [1.807, 2.05) is 6.92 Å². The number of hydrogen-bond acceptors (Lipinski definition) is 5. The number of rotatable bonds is 5. The summed E-state index contributed by atoms with van der Waals surface area (Å²) in [6.07, 6.45) is 1.41. The van der Waals surface area contributed by atoms with Crippen molar-refractivity contribution < 1.29 is 9.90 Å². The van der Waals surface area contributed by atoms with Crippen LogP contribution in [-0.4, -0.2) is 49.4 Å². The molecule has 1 aromatic rings. The third-order valence-corrected chi connectivity index (χ3v) is 2.16. The molecular formula is C10H19N5O2. The second-order valence-electron chi connectivity index (χ2n) is 4.52. The summed E-state index contributed by atoms with van der Waals surface area (Å²) in [5.74, 6) is 0.0165. The van der Waals surface area contributed by atoms with Gasteiger partial charge in [-0.3, -0.25) is 4.79 Å². The van der Waals surface area contributed by atoms with Gasteiger partial charge in [0.1, 0.15) is 12.9 Å². The fraction of sp³-hybridized carbons (Fsp3) is 0.700. The number of carbonyl (C=O) groups is 1. The van der Waals surface area contributed by atoms with Crippen LogP contribution in [0.4, 0.5) is 5.95 Å². The molecule has 3 N–H and O–H groups in total. The van der Waals surface area contributed by atoms with Crippen molar-refractivity contribution in [2.45, 2.75) is 32.9 Å². The van der Waals surface area contributed by atoms with Gasteiger partial charge in [-0.1, -0.05) is 0 Å². The van der Waals surface area contributed by atoms with E-state index in [1.54, 1.807) is 18.7 Å².